The number of carbonyl (C=O) groups excluding carboxylic acids is 2. The quantitative estimate of drug-likeness (QED) is 0.808. The second-order valence-electron chi connectivity index (χ2n) is 5.82. The van der Waals surface area contributed by atoms with Crippen LogP contribution in [0.4, 0.5) is 24.5 Å². The number of ether oxygens (including phenoxy) is 1. The third-order valence-corrected chi connectivity index (χ3v) is 3.57. The van der Waals surface area contributed by atoms with Crippen LogP contribution in [0.15, 0.2) is 42.5 Å². The Kier molecular flexibility index (Phi) is 6.26. The fourth-order valence-corrected chi connectivity index (χ4v) is 2.27. The maximum absolute atomic E-state index is 13.3. The number of nitrogens with zero attached hydrogens (tertiary/aromatic N) is 1. The summed E-state index contributed by atoms with van der Waals surface area (Å²) in [5.41, 5.74) is -1.20. The van der Waals surface area contributed by atoms with E-state index in [1.165, 1.54) is 44.2 Å². The molecule has 0 aliphatic carbocycles. The SMILES string of the molecule is CC(=O)Nc1ccc(NC(=O)C(C)Oc2ccc(C#N)cc2)c(C(F)(F)F)c1. The second-order valence-corrected chi connectivity index (χ2v) is 5.82. The van der Waals surface area contributed by atoms with Gasteiger partial charge < -0.3 is 15.4 Å². The summed E-state index contributed by atoms with van der Waals surface area (Å²) < 4.78 is 45.3. The molecule has 0 bridgehead atoms. The van der Waals surface area contributed by atoms with Crippen molar-refractivity contribution in [1.82, 2.24) is 0 Å². The molecule has 146 valence electrons. The van der Waals surface area contributed by atoms with Crippen LogP contribution in [0.3, 0.4) is 0 Å². The molecule has 0 saturated heterocycles. The van der Waals surface area contributed by atoms with Gasteiger partial charge >= 0.3 is 6.18 Å². The average Bonchev–Trinajstić information content (AvgIpc) is 2.62. The van der Waals surface area contributed by atoms with Gasteiger partial charge in [-0.2, -0.15) is 18.4 Å². The van der Waals surface area contributed by atoms with Crippen molar-refractivity contribution < 1.29 is 27.5 Å². The molecule has 0 spiro atoms. The largest absolute Gasteiger partial charge is 0.481 e. The zero-order chi connectivity index (χ0) is 20.9. The Morgan fingerprint density at radius 3 is 2.29 bits per heavy atom. The van der Waals surface area contributed by atoms with Gasteiger partial charge in [0.15, 0.2) is 6.10 Å². The van der Waals surface area contributed by atoms with Gasteiger partial charge in [-0.3, -0.25) is 9.59 Å². The summed E-state index contributed by atoms with van der Waals surface area (Å²) in [5, 5.41) is 13.2. The summed E-state index contributed by atoms with van der Waals surface area (Å²) in [6, 6.07) is 10.9. The van der Waals surface area contributed by atoms with Gasteiger partial charge in [0.1, 0.15) is 5.75 Å². The molecule has 6 nitrogen and oxygen atoms in total. The van der Waals surface area contributed by atoms with Crippen LogP contribution in [0.2, 0.25) is 0 Å². The van der Waals surface area contributed by atoms with Gasteiger partial charge in [-0.25, -0.2) is 0 Å². The number of rotatable bonds is 5. The first-order chi connectivity index (χ1) is 13.1. The zero-order valence-electron chi connectivity index (χ0n) is 14.9. The lowest BCUT2D eigenvalue weighted by atomic mass is 10.1. The number of hydrogen-bond donors (Lipinski definition) is 2. The van der Waals surface area contributed by atoms with E-state index in [4.69, 9.17) is 10.00 Å². The highest BCUT2D eigenvalue weighted by Gasteiger charge is 2.34. The third-order valence-electron chi connectivity index (χ3n) is 3.57. The van der Waals surface area contributed by atoms with Crippen molar-refractivity contribution in [2.75, 3.05) is 10.6 Å². The summed E-state index contributed by atoms with van der Waals surface area (Å²) in [5.74, 6) is -1.02. The Morgan fingerprint density at radius 2 is 1.75 bits per heavy atom. The highest BCUT2D eigenvalue weighted by atomic mass is 19.4. The summed E-state index contributed by atoms with van der Waals surface area (Å²) in [4.78, 5) is 23.3. The topological polar surface area (TPSA) is 91.2 Å². The molecule has 0 aromatic heterocycles. The van der Waals surface area contributed by atoms with E-state index in [9.17, 15) is 22.8 Å². The monoisotopic (exact) mass is 391 g/mol. The molecule has 0 saturated carbocycles. The predicted octanol–water partition coefficient (Wildman–Crippen LogP) is 3.94. The second kappa shape index (κ2) is 8.43. The number of nitrogens with one attached hydrogen (secondary N) is 2. The molecular formula is C19H16F3N3O3. The minimum Gasteiger partial charge on any atom is -0.481 e. The summed E-state index contributed by atoms with van der Waals surface area (Å²) in [6.07, 6.45) is -5.84. The minimum absolute atomic E-state index is 0.0419. The number of amides is 2. The maximum atomic E-state index is 13.3. The Bertz CT molecular complexity index is 919. The van der Waals surface area contributed by atoms with Crippen LogP contribution >= 0.6 is 0 Å². The fourth-order valence-electron chi connectivity index (χ4n) is 2.27. The molecule has 1 unspecified atom stereocenters. The predicted molar refractivity (Wildman–Crippen MR) is 95.6 cm³/mol. The fraction of sp³-hybridized carbons (Fsp3) is 0.211. The van der Waals surface area contributed by atoms with Crippen LogP contribution in [0.5, 0.6) is 5.75 Å². The first kappa shape index (κ1) is 20.8. The zero-order valence-corrected chi connectivity index (χ0v) is 14.9. The number of hydrogen-bond acceptors (Lipinski definition) is 4. The molecule has 0 heterocycles. The van der Waals surface area contributed by atoms with E-state index in [-0.39, 0.29) is 5.69 Å². The van der Waals surface area contributed by atoms with Crippen LogP contribution in [0.25, 0.3) is 0 Å². The van der Waals surface area contributed by atoms with E-state index in [1.54, 1.807) is 0 Å². The number of nitriles is 1. The van der Waals surface area contributed by atoms with Gasteiger partial charge in [-0.15, -0.1) is 0 Å². The van der Waals surface area contributed by atoms with E-state index in [0.29, 0.717) is 11.3 Å². The number of anilines is 2. The van der Waals surface area contributed by atoms with Crippen molar-refractivity contribution in [3.8, 4) is 11.8 Å². The van der Waals surface area contributed by atoms with E-state index >= 15 is 0 Å². The maximum Gasteiger partial charge on any atom is 0.418 e. The van der Waals surface area contributed by atoms with E-state index in [0.717, 1.165) is 12.1 Å². The Balaban J connectivity index is 2.17. The number of halogens is 3. The number of carbonyl (C=O) groups is 2. The van der Waals surface area contributed by atoms with Gasteiger partial charge in [-0.1, -0.05) is 0 Å². The Labute approximate surface area is 158 Å². The molecule has 0 aliphatic heterocycles. The molecule has 2 aromatic rings. The normalized spacial score (nSPS) is 11.9. The Hall–Kier alpha value is -3.54. The molecule has 2 rings (SSSR count). The summed E-state index contributed by atoms with van der Waals surface area (Å²) in [7, 11) is 0. The average molecular weight is 391 g/mol. The highest BCUT2D eigenvalue weighted by molar-refractivity contribution is 5.95. The molecule has 0 radical (unpaired) electrons. The van der Waals surface area contributed by atoms with E-state index in [1.807, 2.05) is 6.07 Å². The van der Waals surface area contributed by atoms with Crippen LogP contribution < -0.4 is 15.4 Å². The molecule has 28 heavy (non-hydrogen) atoms. The van der Waals surface area contributed by atoms with Gasteiger partial charge in [0.05, 0.1) is 22.9 Å². The first-order valence-corrected chi connectivity index (χ1v) is 8.06. The van der Waals surface area contributed by atoms with Gasteiger partial charge in [0.25, 0.3) is 5.91 Å². The lowest BCUT2D eigenvalue weighted by Gasteiger charge is -2.18. The summed E-state index contributed by atoms with van der Waals surface area (Å²) in [6.45, 7) is 2.55. The molecule has 2 N–H and O–H groups in total. The van der Waals surface area contributed by atoms with Crippen molar-refractivity contribution in [2.24, 2.45) is 0 Å². The molecule has 9 heteroatoms. The molecule has 2 aromatic carbocycles. The molecule has 2 amide bonds. The summed E-state index contributed by atoms with van der Waals surface area (Å²) >= 11 is 0. The number of benzene rings is 2. The van der Waals surface area contributed by atoms with E-state index in [2.05, 4.69) is 10.6 Å². The van der Waals surface area contributed by atoms with Crippen LogP contribution in [-0.4, -0.2) is 17.9 Å². The molecule has 0 fully saturated rings. The standard InChI is InChI=1S/C19H16F3N3O3/c1-11(28-15-6-3-13(10-23)4-7-15)18(27)25-17-8-5-14(24-12(2)26)9-16(17)19(20,21)22/h3-9,11H,1-2H3,(H,24,26)(H,25,27). The van der Waals surface area contributed by atoms with E-state index < -0.39 is 35.3 Å². The lowest BCUT2D eigenvalue weighted by Crippen LogP contribution is -2.31. The van der Waals surface area contributed by atoms with Crippen molar-refractivity contribution in [3.63, 3.8) is 0 Å². The molecule has 0 aliphatic rings. The van der Waals surface area contributed by atoms with Crippen molar-refractivity contribution in [3.05, 3.63) is 53.6 Å². The highest BCUT2D eigenvalue weighted by Crippen LogP contribution is 2.36. The van der Waals surface area contributed by atoms with Crippen molar-refractivity contribution in [2.45, 2.75) is 26.1 Å². The Morgan fingerprint density at radius 1 is 1.11 bits per heavy atom. The van der Waals surface area contributed by atoms with Gasteiger partial charge in [-0.05, 0) is 49.4 Å². The lowest BCUT2D eigenvalue weighted by molar-refractivity contribution is -0.137. The van der Waals surface area contributed by atoms with Crippen molar-refractivity contribution in [1.29, 1.82) is 5.26 Å². The third kappa shape index (κ3) is 5.48. The van der Waals surface area contributed by atoms with Crippen LogP contribution in [-0.2, 0) is 15.8 Å². The van der Waals surface area contributed by atoms with Crippen LogP contribution in [0, 0.1) is 11.3 Å². The minimum atomic E-state index is -4.74. The molecular weight excluding hydrogens is 375 g/mol. The van der Waals surface area contributed by atoms with Crippen LogP contribution in [0.1, 0.15) is 25.0 Å². The van der Waals surface area contributed by atoms with Gasteiger partial charge in [0, 0.05) is 12.6 Å². The van der Waals surface area contributed by atoms with Crippen molar-refractivity contribution >= 4 is 23.2 Å². The first-order valence-electron chi connectivity index (χ1n) is 8.06. The smallest absolute Gasteiger partial charge is 0.418 e. The van der Waals surface area contributed by atoms with Gasteiger partial charge in [0.2, 0.25) is 5.91 Å². The number of alkyl halides is 3. The molecule has 1 atom stereocenters.